The number of hydrogen-bond donors (Lipinski definition) is 1. The minimum Gasteiger partial charge on any atom is -0.459 e. The van der Waals surface area contributed by atoms with Crippen molar-refractivity contribution in [3.63, 3.8) is 0 Å². The average molecular weight is 340 g/mol. The number of nitrogens with zero attached hydrogens (tertiary/aromatic N) is 1. The lowest BCUT2D eigenvalue weighted by Crippen LogP contribution is -2.50. The van der Waals surface area contributed by atoms with E-state index in [0.29, 0.717) is 25.4 Å². The third-order valence-electron chi connectivity index (χ3n) is 4.50. The Morgan fingerprint density at radius 3 is 2.60 bits per heavy atom. The van der Waals surface area contributed by atoms with Crippen LogP contribution in [0.4, 0.5) is 0 Å². The van der Waals surface area contributed by atoms with E-state index < -0.39 is 6.04 Å². The quantitative estimate of drug-likeness (QED) is 0.910. The van der Waals surface area contributed by atoms with Gasteiger partial charge in [-0.15, -0.1) is 0 Å². The molecule has 0 unspecified atom stereocenters. The largest absolute Gasteiger partial charge is 0.459 e. The molecule has 1 atom stereocenters. The molecule has 0 bridgehead atoms. The van der Waals surface area contributed by atoms with Gasteiger partial charge in [0.2, 0.25) is 5.91 Å². The van der Waals surface area contributed by atoms with Crippen molar-refractivity contribution >= 4 is 11.8 Å². The fraction of sp³-hybridized carbons (Fsp3) is 0.400. The Balaban J connectivity index is 1.72. The van der Waals surface area contributed by atoms with Gasteiger partial charge >= 0.3 is 0 Å². The third kappa shape index (κ3) is 4.10. The highest BCUT2D eigenvalue weighted by molar-refractivity contribution is 5.95. The maximum Gasteiger partial charge on any atom is 0.287 e. The fourth-order valence-corrected chi connectivity index (χ4v) is 3.23. The molecule has 1 N–H and O–H groups in total. The topological polar surface area (TPSA) is 62.6 Å². The Kier molecular flexibility index (Phi) is 5.22. The lowest BCUT2D eigenvalue weighted by molar-refractivity contribution is -0.134. The summed E-state index contributed by atoms with van der Waals surface area (Å²) in [5.41, 5.74) is 2.48. The molecule has 1 aliphatic heterocycles. The van der Waals surface area contributed by atoms with Crippen LogP contribution in [0.25, 0.3) is 0 Å². The zero-order valence-electron chi connectivity index (χ0n) is 14.7. The van der Waals surface area contributed by atoms with Crippen LogP contribution in [0, 0.1) is 5.92 Å². The fourth-order valence-electron chi connectivity index (χ4n) is 3.23. The van der Waals surface area contributed by atoms with E-state index in [1.54, 1.807) is 12.1 Å². The van der Waals surface area contributed by atoms with Gasteiger partial charge < -0.3 is 14.6 Å². The van der Waals surface area contributed by atoms with Crippen molar-refractivity contribution in [2.75, 3.05) is 6.54 Å². The molecule has 0 aliphatic carbocycles. The first kappa shape index (κ1) is 17.3. The number of fused-ring (bicyclic) bond motifs is 1. The smallest absolute Gasteiger partial charge is 0.287 e. The molecule has 1 aromatic heterocycles. The van der Waals surface area contributed by atoms with Gasteiger partial charge in [-0.3, -0.25) is 9.59 Å². The molecule has 2 heterocycles. The molecule has 1 aromatic carbocycles. The van der Waals surface area contributed by atoms with Crippen LogP contribution in [0.3, 0.4) is 0 Å². The minimum atomic E-state index is -0.539. The van der Waals surface area contributed by atoms with Crippen LogP contribution in [-0.4, -0.2) is 29.3 Å². The molecule has 3 rings (SSSR count). The van der Waals surface area contributed by atoms with Gasteiger partial charge in [0.1, 0.15) is 6.04 Å². The summed E-state index contributed by atoms with van der Waals surface area (Å²) in [7, 11) is 0. The van der Waals surface area contributed by atoms with Gasteiger partial charge in [0.15, 0.2) is 5.76 Å². The number of rotatable bonds is 5. The monoisotopic (exact) mass is 340 g/mol. The van der Waals surface area contributed by atoms with Crippen molar-refractivity contribution < 1.29 is 14.0 Å². The molecule has 5 nitrogen and oxygen atoms in total. The summed E-state index contributed by atoms with van der Waals surface area (Å²) in [6.45, 7) is 5.37. The number of carbonyl (C=O) groups is 2. The van der Waals surface area contributed by atoms with Crippen LogP contribution in [0.5, 0.6) is 0 Å². The van der Waals surface area contributed by atoms with Gasteiger partial charge in [0.05, 0.1) is 6.26 Å². The molecule has 0 saturated heterocycles. The summed E-state index contributed by atoms with van der Waals surface area (Å²) in [4.78, 5) is 27.2. The maximum atomic E-state index is 13.0. The van der Waals surface area contributed by atoms with E-state index >= 15 is 0 Å². The van der Waals surface area contributed by atoms with Gasteiger partial charge in [-0.05, 0) is 42.0 Å². The molecule has 2 aromatic rings. The Hall–Kier alpha value is -2.56. The second kappa shape index (κ2) is 7.55. The molecule has 2 amide bonds. The maximum absolute atomic E-state index is 13.0. The van der Waals surface area contributed by atoms with Crippen molar-refractivity contribution in [3.8, 4) is 0 Å². The molecule has 0 saturated carbocycles. The van der Waals surface area contributed by atoms with Gasteiger partial charge in [0, 0.05) is 13.1 Å². The van der Waals surface area contributed by atoms with Crippen molar-refractivity contribution in [1.82, 2.24) is 10.2 Å². The number of benzene rings is 1. The first-order valence-corrected chi connectivity index (χ1v) is 8.74. The first-order chi connectivity index (χ1) is 12.0. The van der Waals surface area contributed by atoms with Crippen LogP contribution in [0.15, 0.2) is 47.1 Å². The number of furan rings is 1. The summed E-state index contributed by atoms with van der Waals surface area (Å²) in [6.07, 6.45) is 2.90. The first-order valence-electron chi connectivity index (χ1n) is 8.74. The molecular weight excluding hydrogens is 316 g/mol. The van der Waals surface area contributed by atoms with Crippen LogP contribution in [-0.2, 0) is 17.8 Å². The van der Waals surface area contributed by atoms with Gasteiger partial charge in [-0.2, -0.15) is 0 Å². The van der Waals surface area contributed by atoms with Crippen molar-refractivity contribution in [3.05, 3.63) is 59.5 Å². The van der Waals surface area contributed by atoms with Crippen LogP contribution in [0.2, 0.25) is 0 Å². The molecule has 132 valence electrons. The molecule has 0 fully saturated rings. The molecule has 0 radical (unpaired) electrons. The number of amides is 2. The molecular formula is C20H24N2O3. The minimum absolute atomic E-state index is 0.0249. The summed E-state index contributed by atoms with van der Waals surface area (Å²) in [5.74, 6) is 0.151. The average Bonchev–Trinajstić information content (AvgIpc) is 3.14. The zero-order valence-corrected chi connectivity index (χ0v) is 14.7. The third-order valence-corrected chi connectivity index (χ3v) is 4.50. The molecule has 25 heavy (non-hydrogen) atoms. The van der Waals surface area contributed by atoms with Crippen molar-refractivity contribution in [2.24, 2.45) is 5.92 Å². The number of carbonyl (C=O) groups excluding carboxylic acids is 2. The molecule has 5 heteroatoms. The molecule has 1 aliphatic rings. The van der Waals surface area contributed by atoms with E-state index in [2.05, 4.69) is 17.4 Å². The standard InChI is InChI=1S/C20H24N2O3/c1-14(2)12-17(21-19(23)18-8-5-11-25-18)20(24)22-10-9-15-6-3-4-7-16(15)13-22/h3-8,11,14,17H,9-10,12-13H2,1-2H3,(H,21,23)/t17-/m1/s1. The summed E-state index contributed by atoms with van der Waals surface area (Å²) in [5, 5.41) is 2.85. The Morgan fingerprint density at radius 2 is 1.92 bits per heavy atom. The van der Waals surface area contributed by atoms with E-state index in [4.69, 9.17) is 4.42 Å². The van der Waals surface area contributed by atoms with E-state index in [1.165, 1.54) is 17.4 Å². The lowest BCUT2D eigenvalue weighted by Gasteiger charge is -2.32. The van der Waals surface area contributed by atoms with Crippen molar-refractivity contribution in [1.29, 1.82) is 0 Å². The van der Waals surface area contributed by atoms with Gasteiger partial charge in [-0.25, -0.2) is 0 Å². The van der Waals surface area contributed by atoms with E-state index in [-0.39, 0.29) is 17.6 Å². The highest BCUT2D eigenvalue weighted by Gasteiger charge is 2.29. The second-order valence-electron chi connectivity index (χ2n) is 6.91. The summed E-state index contributed by atoms with van der Waals surface area (Å²) >= 11 is 0. The highest BCUT2D eigenvalue weighted by Crippen LogP contribution is 2.20. The number of hydrogen-bond acceptors (Lipinski definition) is 3. The Bertz CT molecular complexity index is 737. The van der Waals surface area contributed by atoms with Crippen LogP contribution < -0.4 is 5.32 Å². The predicted octanol–water partition coefficient (Wildman–Crippen LogP) is 3.01. The van der Waals surface area contributed by atoms with Gasteiger partial charge in [-0.1, -0.05) is 38.1 Å². The lowest BCUT2D eigenvalue weighted by atomic mass is 9.97. The highest BCUT2D eigenvalue weighted by atomic mass is 16.3. The van der Waals surface area contributed by atoms with Crippen LogP contribution in [0.1, 0.15) is 41.9 Å². The van der Waals surface area contributed by atoms with E-state index in [9.17, 15) is 9.59 Å². The van der Waals surface area contributed by atoms with Gasteiger partial charge in [0.25, 0.3) is 5.91 Å². The zero-order chi connectivity index (χ0) is 17.8. The summed E-state index contributed by atoms with van der Waals surface area (Å²) < 4.78 is 5.14. The second-order valence-corrected chi connectivity index (χ2v) is 6.91. The Labute approximate surface area is 148 Å². The SMILES string of the molecule is CC(C)C[C@@H](NC(=O)c1ccco1)C(=O)N1CCc2ccccc2C1. The normalized spacial score (nSPS) is 14.9. The number of nitrogens with one attached hydrogen (secondary N) is 1. The predicted molar refractivity (Wildman–Crippen MR) is 95.0 cm³/mol. The van der Waals surface area contributed by atoms with E-state index in [1.807, 2.05) is 30.9 Å². The Morgan fingerprint density at radius 1 is 1.16 bits per heavy atom. The van der Waals surface area contributed by atoms with E-state index in [0.717, 1.165) is 6.42 Å². The van der Waals surface area contributed by atoms with Crippen LogP contribution >= 0.6 is 0 Å². The summed E-state index contributed by atoms with van der Waals surface area (Å²) in [6, 6.07) is 10.9. The molecule has 0 spiro atoms. The van der Waals surface area contributed by atoms with Crippen molar-refractivity contribution in [2.45, 2.75) is 39.3 Å².